The first-order valence-electron chi connectivity index (χ1n) is 9.41. The first kappa shape index (κ1) is 20.3. The van der Waals surface area contributed by atoms with Gasteiger partial charge in [-0.05, 0) is 59.9 Å². The highest BCUT2D eigenvalue weighted by molar-refractivity contribution is 5.87. The molecular weight excluding hydrogens is 370 g/mol. The van der Waals surface area contributed by atoms with Crippen LogP contribution in [0.25, 0.3) is 0 Å². The lowest BCUT2D eigenvalue weighted by Crippen LogP contribution is -2.30. The van der Waals surface area contributed by atoms with E-state index in [-0.39, 0.29) is 29.8 Å². The minimum absolute atomic E-state index is 0.0590. The summed E-state index contributed by atoms with van der Waals surface area (Å²) < 4.78 is 10.4. The number of benzene rings is 2. The maximum Gasteiger partial charge on any atom is 0.308 e. The zero-order chi connectivity index (χ0) is 21.0. The average molecular weight is 393 g/mol. The van der Waals surface area contributed by atoms with Crippen molar-refractivity contribution >= 4 is 17.8 Å². The van der Waals surface area contributed by atoms with Crippen LogP contribution in [0.5, 0.6) is 11.5 Å². The molecule has 150 valence electrons. The SMILES string of the molecule is C=CC(=O)N[C@@H]1CC[C@H](c2ccc(OC(C)=O)cc2)c2cc(OC(C)=O)ccc21. The molecule has 0 fully saturated rings. The van der Waals surface area contributed by atoms with Gasteiger partial charge in [0, 0.05) is 19.8 Å². The van der Waals surface area contributed by atoms with Gasteiger partial charge in [-0.15, -0.1) is 0 Å². The molecule has 1 aliphatic carbocycles. The number of hydrogen-bond acceptors (Lipinski definition) is 5. The summed E-state index contributed by atoms with van der Waals surface area (Å²) in [6.45, 7) is 6.23. The van der Waals surface area contributed by atoms with Crippen molar-refractivity contribution in [2.45, 2.75) is 38.6 Å². The van der Waals surface area contributed by atoms with E-state index in [9.17, 15) is 14.4 Å². The Morgan fingerprint density at radius 2 is 1.55 bits per heavy atom. The van der Waals surface area contributed by atoms with Crippen molar-refractivity contribution in [3.05, 3.63) is 71.8 Å². The Hall–Kier alpha value is -3.41. The molecule has 0 radical (unpaired) electrons. The molecule has 1 aliphatic rings. The van der Waals surface area contributed by atoms with Gasteiger partial charge in [0.2, 0.25) is 5.91 Å². The highest BCUT2D eigenvalue weighted by Gasteiger charge is 2.29. The quantitative estimate of drug-likeness (QED) is 0.475. The Labute approximate surface area is 169 Å². The number of hydrogen-bond donors (Lipinski definition) is 1. The van der Waals surface area contributed by atoms with Crippen LogP contribution in [0.4, 0.5) is 0 Å². The van der Waals surface area contributed by atoms with Crippen molar-refractivity contribution < 1.29 is 23.9 Å². The molecule has 0 unspecified atom stereocenters. The number of ether oxygens (including phenoxy) is 2. The molecule has 6 nitrogen and oxygen atoms in total. The van der Waals surface area contributed by atoms with Crippen LogP contribution in [0.15, 0.2) is 55.1 Å². The normalized spacial score (nSPS) is 17.6. The van der Waals surface area contributed by atoms with Crippen LogP contribution in [0.3, 0.4) is 0 Å². The molecule has 29 heavy (non-hydrogen) atoms. The second-order valence-electron chi connectivity index (χ2n) is 6.94. The zero-order valence-electron chi connectivity index (χ0n) is 16.4. The van der Waals surface area contributed by atoms with Crippen molar-refractivity contribution in [1.29, 1.82) is 0 Å². The topological polar surface area (TPSA) is 81.7 Å². The first-order valence-corrected chi connectivity index (χ1v) is 9.41. The number of esters is 2. The first-order chi connectivity index (χ1) is 13.9. The molecule has 0 spiro atoms. The summed E-state index contributed by atoms with van der Waals surface area (Å²) in [6, 6.07) is 12.7. The lowest BCUT2D eigenvalue weighted by Gasteiger charge is -2.32. The molecule has 6 heteroatoms. The van der Waals surface area contributed by atoms with Gasteiger partial charge in [0.25, 0.3) is 0 Å². The summed E-state index contributed by atoms with van der Waals surface area (Å²) in [5.41, 5.74) is 3.02. The van der Waals surface area contributed by atoms with Crippen molar-refractivity contribution in [3.8, 4) is 11.5 Å². The van der Waals surface area contributed by atoms with Gasteiger partial charge in [-0.2, -0.15) is 0 Å². The van der Waals surface area contributed by atoms with E-state index in [1.807, 2.05) is 24.3 Å². The largest absolute Gasteiger partial charge is 0.427 e. The van der Waals surface area contributed by atoms with Crippen LogP contribution in [-0.4, -0.2) is 17.8 Å². The van der Waals surface area contributed by atoms with Gasteiger partial charge in [-0.25, -0.2) is 0 Å². The standard InChI is InChI=1S/C23H23NO5/c1-4-23(27)24-22-12-11-19(16-5-7-17(8-6-16)28-14(2)25)21-13-18(29-15(3)26)9-10-20(21)22/h4-10,13,19,22H,1,11-12H2,2-3H3,(H,24,27)/t19-,22-/m1/s1. The minimum atomic E-state index is -0.389. The molecule has 0 aromatic heterocycles. The van der Waals surface area contributed by atoms with E-state index >= 15 is 0 Å². The third-order valence-electron chi connectivity index (χ3n) is 4.86. The summed E-state index contributed by atoms with van der Waals surface area (Å²) in [6.07, 6.45) is 2.81. The Bertz CT molecular complexity index is 948. The molecule has 0 heterocycles. The Morgan fingerprint density at radius 1 is 0.931 bits per heavy atom. The van der Waals surface area contributed by atoms with Crippen molar-refractivity contribution in [1.82, 2.24) is 5.32 Å². The van der Waals surface area contributed by atoms with Gasteiger partial charge in [-0.1, -0.05) is 24.8 Å². The Balaban J connectivity index is 1.97. The van der Waals surface area contributed by atoms with Crippen molar-refractivity contribution in [2.24, 2.45) is 0 Å². The van der Waals surface area contributed by atoms with E-state index in [1.165, 1.54) is 19.9 Å². The van der Waals surface area contributed by atoms with Crippen LogP contribution in [0, 0.1) is 0 Å². The number of nitrogens with one attached hydrogen (secondary N) is 1. The smallest absolute Gasteiger partial charge is 0.308 e. The van der Waals surface area contributed by atoms with Gasteiger partial charge in [-0.3, -0.25) is 14.4 Å². The van der Waals surface area contributed by atoms with E-state index in [4.69, 9.17) is 9.47 Å². The Morgan fingerprint density at radius 3 is 2.17 bits per heavy atom. The molecule has 1 N–H and O–H groups in total. The van der Waals surface area contributed by atoms with Crippen LogP contribution < -0.4 is 14.8 Å². The molecule has 0 saturated carbocycles. The number of rotatable bonds is 5. The average Bonchev–Trinajstić information content (AvgIpc) is 2.68. The molecule has 2 aromatic rings. The molecule has 2 aromatic carbocycles. The van der Waals surface area contributed by atoms with Gasteiger partial charge in [0.15, 0.2) is 0 Å². The second kappa shape index (κ2) is 8.73. The van der Waals surface area contributed by atoms with E-state index in [1.54, 1.807) is 18.2 Å². The molecular formula is C23H23NO5. The molecule has 2 atom stereocenters. The lowest BCUT2D eigenvalue weighted by molar-refractivity contribution is -0.132. The molecule has 0 saturated heterocycles. The number of carbonyl (C=O) groups excluding carboxylic acids is 3. The third kappa shape index (κ3) is 4.90. The highest BCUT2D eigenvalue weighted by Crippen LogP contribution is 2.43. The predicted molar refractivity (Wildman–Crippen MR) is 108 cm³/mol. The van der Waals surface area contributed by atoms with Crippen molar-refractivity contribution in [3.63, 3.8) is 0 Å². The number of amides is 1. The van der Waals surface area contributed by atoms with Gasteiger partial charge in [0.1, 0.15) is 11.5 Å². The summed E-state index contributed by atoms with van der Waals surface area (Å²) in [4.78, 5) is 34.3. The summed E-state index contributed by atoms with van der Waals surface area (Å²) in [5.74, 6) is 0.0284. The van der Waals surface area contributed by atoms with Crippen molar-refractivity contribution in [2.75, 3.05) is 0 Å². The van der Waals surface area contributed by atoms with Gasteiger partial charge in [0.05, 0.1) is 6.04 Å². The molecule has 0 aliphatic heterocycles. The molecule has 0 bridgehead atoms. The molecule has 3 rings (SSSR count). The van der Waals surface area contributed by atoms with E-state index < -0.39 is 0 Å². The molecule has 1 amide bonds. The second-order valence-corrected chi connectivity index (χ2v) is 6.94. The van der Waals surface area contributed by atoms with E-state index in [0.29, 0.717) is 11.5 Å². The maximum atomic E-state index is 11.8. The number of carbonyl (C=O) groups is 3. The maximum absolute atomic E-state index is 11.8. The predicted octanol–water partition coefficient (Wildman–Crippen LogP) is 3.81. The summed E-state index contributed by atoms with van der Waals surface area (Å²) >= 11 is 0. The Kier molecular flexibility index (Phi) is 6.12. The lowest BCUT2D eigenvalue weighted by atomic mass is 9.76. The van der Waals surface area contributed by atoms with Gasteiger partial charge < -0.3 is 14.8 Å². The zero-order valence-corrected chi connectivity index (χ0v) is 16.4. The number of fused-ring (bicyclic) bond motifs is 1. The fraction of sp³-hybridized carbons (Fsp3) is 0.261. The fourth-order valence-electron chi connectivity index (χ4n) is 3.71. The monoisotopic (exact) mass is 393 g/mol. The minimum Gasteiger partial charge on any atom is -0.427 e. The highest BCUT2D eigenvalue weighted by atomic mass is 16.5. The van der Waals surface area contributed by atoms with Gasteiger partial charge >= 0.3 is 11.9 Å². The van der Waals surface area contributed by atoms with Crippen LogP contribution >= 0.6 is 0 Å². The summed E-state index contributed by atoms with van der Waals surface area (Å²) in [7, 11) is 0. The van der Waals surface area contributed by atoms with Crippen LogP contribution in [0.1, 0.15) is 55.3 Å². The summed E-state index contributed by atoms with van der Waals surface area (Å²) in [5, 5.41) is 2.97. The van der Waals surface area contributed by atoms with Crippen LogP contribution in [-0.2, 0) is 14.4 Å². The van der Waals surface area contributed by atoms with E-state index in [2.05, 4.69) is 11.9 Å². The fourth-order valence-corrected chi connectivity index (χ4v) is 3.71. The van der Waals surface area contributed by atoms with E-state index in [0.717, 1.165) is 29.5 Å². The third-order valence-corrected chi connectivity index (χ3v) is 4.86. The van der Waals surface area contributed by atoms with Crippen LogP contribution in [0.2, 0.25) is 0 Å².